The molecule has 11 heteroatoms. The molecular weight excluding hydrogens is 417 g/mol. The number of aromatic nitrogens is 3. The molecule has 1 amide bonds. The van der Waals surface area contributed by atoms with Crippen LogP contribution in [0.25, 0.3) is 0 Å². The molecule has 2 aromatic carbocycles. The van der Waals surface area contributed by atoms with E-state index in [1.807, 2.05) is 30.3 Å². The topological polar surface area (TPSA) is 106 Å². The number of nitrogens with zero attached hydrogens (tertiary/aromatic N) is 3. The highest BCUT2D eigenvalue weighted by Gasteiger charge is 2.33. The molecule has 0 spiro atoms. The van der Waals surface area contributed by atoms with Crippen LogP contribution in [-0.2, 0) is 16.7 Å². The minimum absolute atomic E-state index is 0.0163. The highest BCUT2D eigenvalue weighted by atomic mass is 32.2. The molecule has 30 heavy (non-hydrogen) atoms. The molecule has 0 atom stereocenters. The van der Waals surface area contributed by atoms with Crippen molar-refractivity contribution in [2.75, 3.05) is 22.1 Å². The molecule has 7 nitrogen and oxygen atoms in total. The van der Waals surface area contributed by atoms with E-state index in [0.29, 0.717) is 5.82 Å². The van der Waals surface area contributed by atoms with E-state index in [4.69, 9.17) is 5.73 Å². The monoisotopic (exact) mass is 434 g/mol. The number of rotatable bonds is 7. The van der Waals surface area contributed by atoms with Crippen LogP contribution in [0.2, 0.25) is 0 Å². The lowest BCUT2D eigenvalue weighted by atomic mass is 10.1. The number of carbonyl (C=O) groups is 1. The summed E-state index contributed by atoms with van der Waals surface area (Å²) in [4.78, 5) is 24.3. The number of halogens is 3. The van der Waals surface area contributed by atoms with Crippen molar-refractivity contribution in [2.45, 2.75) is 11.9 Å². The first-order valence-electron chi connectivity index (χ1n) is 8.67. The SMILES string of the molecule is Nc1nc(CSCC(=O)Nc2ccccc2C(F)(F)F)nc(Nc2ccccc2)n1. The Morgan fingerprint density at radius 1 is 1.00 bits per heavy atom. The van der Waals surface area contributed by atoms with Gasteiger partial charge in [-0.05, 0) is 24.3 Å². The Hall–Kier alpha value is -3.34. The zero-order chi connectivity index (χ0) is 21.6. The van der Waals surface area contributed by atoms with Gasteiger partial charge in [0.05, 0.1) is 22.8 Å². The molecule has 3 aromatic rings. The first kappa shape index (κ1) is 21.4. The van der Waals surface area contributed by atoms with Crippen molar-refractivity contribution in [3.8, 4) is 0 Å². The normalized spacial score (nSPS) is 11.2. The summed E-state index contributed by atoms with van der Waals surface area (Å²) in [5.41, 5.74) is 5.29. The van der Waals surface area contributed by atoms with Crippen molar-refractivity contribution >= 4 is 40.9 Å². The summed E-state index contributed by atoms with van der Waals surface area (Å²) in [7, 11) is 0. The number of thioether (sulfide) groups is 1. The lowest BCUT2D eigenvalue weighted by molar-refractivity contribution is -0.137. The molecule has 156 valence electrons. The summed E-state index contributed by atoms with van der Waals surface area (Å²) in [6.07, 6.45) is -4.55. The van der Waals surface area contributed by atoms with Gasteiger partial charge in [-0.3, -0.25) is 4.79 Å². The fourth-order valence-corrected chi connectivity index (χ4v) is 3.14. The van der Waals surface area contributed by atoms with Crippen molar-refractivity contribution < 1.29 is 18.0 Å². The molecule has 0 aliphatic rings. The molecule has 0 saturated heterocycles. The number of anilines is 4. The van der Waals surface area contributed by atoms with Crippen molar-refractivity contribution in [3.05, 3.63) is 66.0 Å². The molecule has 0 saturated carbocycles. The molecule has 0 radical (unpaired) electrons. The molecule has 3 rings (SSSR count). The first-order chi connectivity index (χ1) is 14.3. The Bertz CT molecular complexity index is 1020. The Kier molecular flexibility index (Phi) is 6.72. The van der Waals surface area contributed by atoms with Crippen LogP contribution in [0.1, 0.15) is 11.4 Å². The van der Waals surface area contributed by atoms with E-state index in [1.54, 1.807) is 0 Å². The molecule has 0 aliphatic heterocycles. The van der Waals surface area contributed by atoms with E-state index in [2.05, 4.69) is 25.6 Å². The average Bonchev–Trinajstić information content (AvgIpc) is 2.68. The summed E-state index contributed by atoms with van der Waals surface area (Å²) in [5.74, 6) is 0.190. The van der Waals surface area contributed by atoms with E-state index >= 15 is 0 Å². The first-order valence-corrected chi connectivity index (χ1v) is 9.83. The van der Waals surface area contributed by atoms with Crippen LogP contribution in [0.3, 0.4) is 0 Å². The second-order valence-electron chi connectivity index (χ2n) is 6.01. The molecule has 4 N–H and O–H groups in total. The molecular formula is C19H17F3N6OS. The lowest BCUT2D eigenvalue weighted by Gasteiger charge is -2.13. The van der Waals surface area contributed by atoms with E-state index in [1.165, 1.54) is 18.2 Å². The largest absolute Gasteiger partial charge is 0.418 e. The van der Waals surface area contributed by atoms with Gasteiger partial charge in [0.15, 0.2) is 0 Å². The number of amides is 1. The highest BCUT2D eigenvalue weighted by Crippen LogP contribution is 2.34. The second-order valence-corrected chi connectivity index (χ2v) is 6.99. The minimum Gasteiger partial charge on any atom is -0.368 e. The Morgan fingerprint density at radius 3 is 2.43 bits per heavy atom. The van der Waals surface area contributed by atoms with E-state index < -0.39 is 17.6 Å². The standard InChI is InChI=1S/C19H17F3N6OS/c20-19(21,22)13-8-4-5-9-14(13)25-16(29)11-30-10-15-26-17(23)28-18(27-15)24-12-6-2-1-3-7-12/h1-9H,10-11H2,(H,25,29)(H3,23,24,26,27,28). The second kappa shape index (κ2) is 9.44. The van der Waals surface area contributed by atoms with Crippen LogP contribution in [0.15, 0.2) is 54.6 Å². The smallest absolute Gasteiger partial charge is 0.368 e. The number of hydrogen-bond donors (Lipinski definition) is 3. The van der Waals surface area contributed by atoms with Gasteiger partial charge in [0.25, 0.3) is 0 Å². The predicted molar refractivity (Wildman–Crippen MR) is 110 cm³/mol. The number of nitrogen functional groups attached to an aromatic ring is 1. The van der Waals surface area contributed by atoms with E-state index in [0.717, 1.165) is 23.5 Å². The number of alkyl halides is 3. The average molecular weight is 434 g/mol. The third-order valence-electron chi connectivity index (χ3n) is 3.70. The van der Waals surface area contributed by atoms with Gasteiger partial charge in [0.1, 0.15) is 5.82 Å². The van der Waals surface area contributed by atoms with E-state index in [-0.39, 0.29) is 29.1 Å². The van der Waals surface area contributed by atoms with Crippen molar-refractivity contribution in [3.63, 3.8) is 0 Å². The molecule has 1 aromatic heterocycles. The number of carbonyl (C=O) groups excluding carboxylic acids is 1. The molecule has 0 fully saturated rings. The maximum Gasteiger partial charge on any atom is 0.418 e. The fraction of sp³-hybridized carbons (Fsp3) is 0.158. The Balaban J connectivity index is 1.57. The maximum absolute atomic E-state index is 13.0. The third-order valence-corrected chi connectivity index (χ3v) is 4.63. The van der Waals surface area contributed by atoms with Gasteiger partial charge in [-0.25, -0.2) is 0 Å². The molecule has 0 bridgehead atoms. The summed E-state index contributed by atoms with van der Waals surface area (Å²) < 4.78 is 39.0. The van der Waals surface area contributed by atoms with Gasteiger partial charge >= 0.3 is 6.18 Å². The number of benzene rings is 2. The van der Waals surface area contributed by atoms with Gasteiger partial charge in [-0.1, -0.05) is 30.3 Å². The van der Waals surface area contributed by atoms with Crippen LogP contribution in [-0.4, -0.2) is 26.6 Å². The maximum atomic E-state index is 13.0. The summed E-state index contributed by atoms with van der Waals surface area (Å²) >= 11 is 1.14. The van der Waals surface area contributed by atoms with Gasteiger partial charge in [-0.15, -0.1) is 11.8 Å². The third kappa shape index (κ3) is 6.08. The summed E-state index contributed by atoms with van der Waals surface area (Å²) in [5, 5.41) is 5.29. The zero-order valence-electron chi connectivity index (χ0n) is 15.5. The highest BCUT2D eigenvalue weighted by molar-refractivity contribution is 7.99. The Morgan fingerprint density at radius 2 is 1.70 bits per heavy atom. The van der Waals surface area contributed by atoms with Crippen molar-refractivity contribution in [1.29, 1.82) is 0 Å². The Labute approximate surface area is 174 Å². The van der Waals surface area contributed by atoms with Crippen LogP contribution in [0.5, 0.6) is 0 Å². The van der Waals surface area contributed by atoms with Crippen molar-refractivity contribution in [1.82, 2.24) is 15.0 Å². The van der Waals surface area contributed by atoms with Crippen LogP contribution in [0.4, 0.5) is 36.4 Å². The molecule has 0 unspecified atom stereocenters. The number of nitrogens with one attached hydrogen (secondary N) is 2. The lowest BCUT2D eigenvalue weighted by Crippen LogP contribution is -2.18. The van der Waals surface area contributed by atoms with Crippen LogP contribution >= 0.6 is 11.8 Å². The van der Waals surface area contributed by atoms with Gasteiger partial charge in [0, 0.05) is 5.69 Å². The summed E-state index contributed by atoms with van der Waals surface area (Å²) in [6.45, 7) is 0. The number of hydrogen-bond acceptors (Lipinski definition) is 7. The summed E-state index contributed by atoms with van der Waals surface area (Å²) in [6, 6.07) is 14.0. The molecule has 0 aliphatic carbocycles. The quantitative estimate of drug-likeness (QED) is 0.514. The van der Waals surface area contributed by atoms with Crippen LogP contribution < -0.4 is 16.4 Å². The minimum atomic E-state index is -4.55. The van der Waals surface area contributed by atoms with Gasteiger partial charge in [0.2, 0.25) is 17.8 Å². The number of para-hydroxylation sites is 2. The van der Waals surface area contributed by atoms with E-state index in [9.17, 15) is 18.0 Å². The van der Waals surface area contributed by atoms with Crippen molar-refractivity contribution in [2.24, 2.45) is 0 Å². The molecule has 1 heterocycles. The predicted octanol–water partition coefficient (Wildman–Crippen LogP) is 4.09. The van der Waals surface area contributed by atoms with Gasteiger partial charge < -0.3 is 16.4 Å². The van der Waals surface area contributed by atoms with Crippen LogP contribution in [0, 0.1) is 0 Å². The number of nitrogens with two attached hydrogens (primary N) is 1. The fourth-order valence-electron chi connectivity index (χ4n) is 2.47. The zero-order valence-corrected chi connectivity index (χ0v) is 16.3. The van der Waals surface area contributed by atoms with Gasteiger partial charge in [-0.2, -0.15) is 28.1 Å².